The Morgan fingerprint density at radius 3 is 2.43 bits per heavy atom. The number of hydrogen-bond acceptors (Lipinski definition) is 1. The minimum absolute atomic E-state index is 0.417. The van der Waals surface area contributed by atoms with Gasteiger partial charge in [-0.3, -0.25) is 0 Å². The van der Waals surface area contributed by atoms with Crippen LogP contribution in [-0.4, -0.2) is 17.1 Å². The number of nitrogens with two attached hydrogens (primary N) is 1. The van der Waals surface area contributed by atoms with Gasteiger partial charge in [0.25, 0.3) is 0 Å². The van der Waals surface area contributed by atoms with E-state index in [1.54, 1.807) is 6.92 Å². The molecule has 0 aliphatic carbocycles. The Bertz CT molecular complexity index is 72.1. The molecule has 0 aliphatic rings. The topological polar surface area (TPSA) is 53.9 Å². The normalized spacial score (nSPS) is 13.4. The lowest BCUT2D eigenvalue weighted by molar-refractivity contribution is -0.618. The first-order valence-electron chi connectivity index (χ1n) is 2.04. The summed E-state index contributed by atoms with van der Waals surface area (Å²) >= 11 is 0. The first kappa shape index (κ1) is 6.43. The maximum absolute atomic E-state index is 9.86. The first-order chi connectivity index (χ1) is 3.18. The molecule has 0 bridgehead atoms. The largest absolute Gasteiger partial charge is 0.477 e. The molecule has 7 heavy (non-hydrogen) atoms. The molecule has 0 fully saturated rings. The van der Waals surface area contributed by atoms with E-state index in [0.29, 0.717) is 0 Å². The van der Waals surface area contributed by atoms with Gasteiger partial charge in [-0.2, -0.15) is 7.05 Å². The third kappa shape index (κ3) is 2.17. The van der Waals surface area contributed by atoms with E-state index in [0.717, 1.165) is 0 Å². The van der Waals surface area contributed by atoms with Crippen molar-refractivity contribution in [2.24, 2.45) is 0 Å². The summed E-state index contributed by atoms with van der Waals surface area (Å²) in [4.78, 5) is 9.86. The predicted molar refractivity (Wildman–Crippen MR) is 24.4 cm³/mol. The van der Waals surface area contributed by atoms with E-state index in [1.807, 2.05) is 0 Å². The van der Waals surface area contributed by atoms with E-state index < -0.39 is 12.0 Å². The van der Waals surface area contributed by atoms with Crippen molar-refractivity contribution in [3.05, 3.63) is 7.05 Å². The van der Waals surface area contributed by atoms with Crippen LogP contribution in [0.5, 0.6) is 0 Å². The summed E-state index contributed by atoms with van der Waals surface area (Å²) in [6, 6.07) is -0.417. The van der Waals surface area contributed by atoms with Crippen molar-refractivity contribution >= 4 is 5.97 Å². The fraction of sp³-hybridized carbons (Fsp3) is 0.500. The quantitative estimate of drug-likeness (QED) is 0.432. The van der Waals surface area contributed by atoms with Crippen LogP contribution >= 0.6 is 0 Å². The Morgan fingerprint density at radius 1 is 2.00 bits per heavy atom. The molecule has 3 nitrogen and oxygen atoms in total. The molecular formula is C4H9NO2. The molecule has 0 heterocycles. The number of carboxylic acid groups (broad SMARTS) is 1. The third-order valence-corrected chi connectivity index (χ3v) is 0.743. The van der Waals surface area contributed by atoms with Crippen LogP contribution in [0, 0.1) is 7.05 Å². The predicted octanol–water partition coefficient (Wildman–Crippen LogP) is -1.19. The van der Waals surface area contributed by atoms with Crippen LogP contribution in [0.15, 0.2) is 0 Å². The van der Waals surface area contributed by atoms with Crippen molar-refractivity contribution in [2.45, 2.75) is 13.0 Å². The van der Waals surface area contributed by atoms with Gasteiger partial charge < -0.3 is 10.4 Å². The summed E-state index contributed by atoms with van der Waals surface area (Å²) in [6.07, 6.45) is 0. The summed E-state index contributed by atoms with van der Waals surface area (Å²) in [5.41, 5.74) is 0. The Morgan fingerprint density at radius 2 is 2.43 bits per heavy atom. The van der Waals surface area contributed by atoms with Crippen LogP contribution in [0.3, 0.4) is 0 Å². The summed E-state index contributed by atoms with van der Waals surface area (Å²) in [6.45, 7) is 1.58. The van der Waals surface area contributed by atoms with Gasteiger partial charge in [0.15, 0.2) is 6.04 Å². The average Bonchev–Trinajstić information content (AvgIpc) is 1.65. The molecule has 1 atom stereocenters. The molecule has 42 valence electrons. The lowest BCUT2D eigenvalue weighted by atomic mass is 10.4. The van der Waals surface area contributed by atoms with Crippen molar-refractivity contribution in [1.29, 1.82) is 0 Å². The average molecular weight is 103 g/mol. The second kappa shape index (κ2) is 2.58. The minimum Gasteiger partial charge on any atom is -0.477 e. The summed E-state index contributed by atoms with van der Waals surface area (Å²) in [5.74, 6) is -0.824. The van der Waals surface area contributed by atoms with Crippen molar-refractivity contribution in [1.82, 2.24) is 0 Å². The van der Waals surface area contributed by atoms with Gasteiger partial charge in [-0.1, -0.05) is 0 Å². The Hall–Kier alpha value is -0.570. The van der Waals surface area contributed by atoms with Gasteiger partial charge >= 0.3 is 5.97 Å². The molecule has 3 heteroatoms. The second-order valence-corrected chi connectivity index (χ2v) is 1.36. The van der Waals surface area contributed by atoms with Crippen LogP contribution in [-0.2, 0) is 4.79 Å². The highest BCUT2D eigenvalue weighted by atomic mass is 16.4. The van der Waals surface area contributed by atoms with Gasteiger partial charge in [0, 0.05) is 0 Å². The molecule has 0 aromatic heterocycles. The fourth-order valence-corrected chi connectivity index (χ4v) is 0.101. The number of quaternary nitrogens is 1. The molecule has 0 saturated carbocycles. The van der Waals surface area contributed by atoms with E-state index in [9.17, 15) is 4.79 Å². The van der Waals surface area contributed by atoms with Crippen molar-refractivity contribution in [2.75, 3.05) is 0 Å². The van der Waals surface area contributed by atoms with Gasteiger partial charge in [-0.05, 0) is 6.92 Å². The zero-order valence-electron chi connectivity index (χ0n) is 4.22. The number of rotatable bonds is 2. The van der Waals surface area contributed by atoms with E-state index in [-0.39, 0.29) is 0 Å². The second-order valence-electron chi connectivity index (χ2n) is 1.36. The summed E-state index contributed by atoms with van der Waals surface area (Å²) < 4.78 is 0. The van der Waals surface area contributed by atoms with Crippen LogP contribution < -0.4 is 5.32 Å². The standard InChI is InChI=1S/C4H9NO2/c1-3(5-2)4(6)7/h3H,2,5H2,1H3,(H,6,7)/t3-/m0/s1. The molecule has 0 amide bonds. The molecule has 0 aromatic rings. The summed E-state index contributed by atoms with van der Waals surface area (Å²) in [5, 5.41) is 9.50. The molecule has 0 unspecified atom stereocenters. The Kier molecular flexibility index (Phi) is 2.37. The van der Waals surface area contributed by atoms with Gasteiger partial charge in [0.1, 0.15) is 0 Å². The van der Waals surface area contributed by atoms with Gasteiger partial charge in [0.2, 0.25) is 0 Å². The molecule has 0 rings (SSSR count). The highest BCUT2D eigenvalue weighted by Crippen LogP contribution is 1.66. The minimum atomic E-state index is -0.824. The maximum atomic E-state index is 9.86. The van der Waals surface area contributed by atoms with E-state index in [1.165, 1.54) is 5.32 Å². The van der Waals surface area contributed by atoms with E-state index in [4.69, 9.17) is 5.11 Å². The number of aliphatic carboxylic acids is 1. The number of carbonyl (C=O) groups is 1. The molecule has 3 N–H and O–H groups in total. The fourth-order valence-electron chi connectivity index (χ4n) is 0.101. The maximum Gasteiger partial charge on any atom is 0.359 e. The molecule has 0 spiro atoms. The lowest BCUT2D eigenvalue weighted by Crippen LogP contribution is -2.85. The third-order valence-electron chi connectivity index (χ3n) is 0.743. The van der Waals surface area contributed by atoms with E-state index in [2.05, 4.69) is 7.05 Å². The Balaban J connectivity index is 3.34. The zero-order chi connectivity index (χ0) is 5.86. The van der Waals surface area contributed by atoms with E-state index >= 15 is 0 Å². The molecule has 0 saturated heterocycles. The van der Waals surface area contributed by atoms with Gasteiger partial charge in [-0.15, -0.1) is 0 Å². The van der Waals surface area contributed by atoms with Crippen LogP contribution in [0.2, 0.25) is 0 Å². The van der Waals surface area contributed by atoms with Crippen molar-refractivity contribution < 1.29 is 15.2 Å². The Labute approximate surface area is 42.3 Å². The smallest absolute Gasteiger partial charge is 0.359 e. The van der Waals surface area contributed by atoms with Gasteiger partial charge in [-0.25, -0.2) is 4.79 Å². The SMILES string of the molecule is [CH2-][NH2+][C@@H](C)C(=O)O. The molecule has 0 aliphatic heterocycles. The molecule has 0 aromatic carbocycles. The first-order valence-corrected chi connectivity index (χ1v) is 2.04. The van der Waals surface area contributed by atoms with Crippen molar-refractivity contribution in [3.8, 4) is 0 Å². The molecular weight excluding hydrogens is 94.0 g/mol. The number of hydrogen-bond donors (Lipinski definition) is 2. The van der Waals surface area contributed by atoms with Crippen molar-refractivity contribution in [3.63, 3.8) is 0 Å². The van der Waals surface area contributed by atoms with Crippen LogP contribution in [0.1, 0.15) is 6.92 Å². The summed E-state index contributed by atoms with van der Waals surface area (Å²) in [7, 11) is 3.30. The van der Waals surface area contributed by atoms with Gasteiger partial charge in [0.05, 0.1) is 0 Å². The number of carboxylic acids is 1. The molecule has 0 radical (unpaired) electrons. The van der Waals surface area contributed by atoms with Crippen LogP contribution in [0.25, 0.3) is 0 Å². The zero-order valence-corrected chi connectivity index (χ0v) is 4.22. The highest BCUT2D eigenvalue weighted by molar-refractivity contribution is 5.70. The lowest BCUT2D eigenvalue weighted by Gasteiger charge is -2.02. The van der Waals surface area contributed by atoms with Crippen LogP contribution in [0.4, 0.5) is 0 Å². The highest BCUT2D eigenvalue weighted by Gasteiger charge is 2.06. The monoisotopic (exact) mass is 103 g/mol.